The molecule has 5 nitrogen and oxygen atoms in total. The smallest absolute Gasteiger partial charge is 0.220 e. The highest BCUT2D eigenvalue weighted by Crippen LogP contribution is 2.10. The summed E-state index contributed by atoms with van der Waals surface area (Å²) in [6.45, 7) is 3.60. The van der Waals surface area contributed by atoms with Gasteiger partial charge in [-0.25, -0.2) is 9.97 Å². The summed E-state index contributed by atoms with van der Waals surface area (Å²) in [6.07, 6.45) is 1.49. The Labute approximate surface area is 89.3 Å². The third-order valence-electron chi connectivity index (χ3n) is 2.42. The third kappa shape index (κ3) is 2.50. The predicted octanol–water partition coefficient (Wildman–Crippen LogP) is 0.500. The van der Waals surface area contributed by atoms with Crippen molar-refractivity contribution in [3.8, 4) is 0 Å². The number of aryl methyl sites for hydroxylation is 1. The molecule has 1 aromatic rings. The largest absolute Gasteiger partial charge is 0.368 e. The van der Waals surface area contributed by atoms with Crippen molar-refractivity contribution >= 4 is 11.7 Å². The quantitative estimate of drug-likeness (QED) is 0.732. The van der Waals surface area contributed by atoms with Crippen LogP contribution in [-0.2, 0) is 0 Å². The van der Waals surface area contributed by atoms with Crippen molar-refractivity contribution in [2.24, 2.45) is 0 Å². The van der Waals surface area contributed by atoms with E-state index in [0.717, 1.165) is 0 Å². The summed E-state index contributed by atoms with van der Waals surface area (Å²) < 4.78 is 0. The minimum Gasteiger partial charge on any atom is -0.368 e. The Kier molecular flexibility index (Phi) is 3.36. The zero-order chi connectivity index (χ0) is 11.6. The van der Waals surface area contributed by atoms with Gasteiger partial charge in [-0.05, 0) is 27.9 Å². The fraction of sp³-hybridized carbons (Fsp3) is 0.500. The van der Waals surface area contributed by atoms with Crippen LogP contribution in [0.3, 0.4) is 0 Å². The number of carbonyl (C=O) groups excluding carboxylic acids is 1. The van der Waals surface area contributed by atoms with E-state index in [0.29, 0.717) is 11.3 Å². The Hall–Kier alpha value is -1.49. The van der Waals surface area contributed by atoms with Gasteiger partial charge in [-0.1, -0.05) is 0 Å². The SMILES string of the molecule is Cc1nc(N)ncc1C(=O)[C@@H](C)N(C)C. The van der Waals surface area contributed by atoms with Crippen LogP contribution in [0.25, 0.3) is 0 Å². The van der Waals surface area contributed by atoms with E-state index in [4.69, 9.17) is 5.73 Å². The monoisotopic (exact) mass is 208 g/mol. The van der Waals surface area contributed by atoms with Crippen molar-refractivity contribution < 1.29 is 4.79 Å². The zero-order valence-corrected chi connectivity index (χ0v) is 9.48. The number of nitrogen functional groups attached to an aromatic ring is 1. The lowest BCUT2D eigenvalue weighted by molar-refractivity contribution is 0.0889. The van der Waals surface area contributed by atoms with E-state index in [1.165, 1.54) is 6.20 Å². The van der Waals surface area contributed by atoms with Crippen molar-refractivity contribution in [1.29, 1.82) is 0 Å². The van der Waals surface area contributed by atoms with Gasteiger partial charge in [0.1, 0.15) is 0 Å². The predicted molar refractivity (Wildman–Crippen MR) is 58.7 cm³/mol. The average molecular weight is 208 g/mol. The van der Waals surface area contributed by atoms with Crippen LogP contribution in [0.4, 0.5) is 5.95 Å². The number of hydrogen-bond acceptors (Lipinski definition) is 5. The molecule has 0 aliphatic rings. The zero-order valence-electron chi connectivity index (χ0n) is 9.48. The number of rotatable bonds is 3. The van der Waals surface area contributed by atoms with Gasteiger partial charge in [0.25, 0.3) is 0 Å². The van der Waals surface area contributed by atoms with Gasteiger partial charge in [0.2, 0.25) is 5.95 Å². The highest BCUT2D eigenvalue weighted by Gasteiger charge is 2.19. The van der Waals surface area contributed by atoms with Gasteiger partial charge in [-0.2, -0.15) is 0 Å². The van der Waals surface area contributed by atoms with Gasteiger partial charge < -0.3 is 5.73 Å². The Balaban J connectivity index is 3.01. The summed E-state index contributed by atoms with van der Waals surface area (Å²) in [4.78, 5) is 21.6. The average Bonchev–Trinajstić information content (AvgIpc) is 2.15. The minimum atomic E-state index is -0.184. The van der Waals surface area contributed by atoms with Crippen LogP contribution in [0.1, 0.15) is 23.0 Å². The Morgan fingerprint density at radius 2 is 2.13 bits per heavy atom. The van der Waals surface area contributed by atoms with Crippen molar-refractivity contribution in [1.82, 2.24) is 14.9 Å². The fourth-order valence-corrected chi connectivity index (χ4v) is 1.19. The molecule has 1 rings (SSSR count). The molecule has 0 saturated heterocycles. The van der Waals surface area contributed by atoms with Crippen LogP contribution in [0.2, 0.25) is 0 Å². The lowest BCUT2D eigenvalue weighted by Gasteiger charge is -2.18. The lowest BCUT2D eigenvalue weighted by atomic mass is 10.1. The molecule has 0 aromatic carbocycles. The van der Waals surface area contributed by atoms with E-state index in [1.807, 2.05) is 25.9 Å². The van der Waals surface area contributed by atoms with E-state index >= 15 is 0 Å². The maximum atomic E-state index is 12.0. The van der Waals surface area contributed by atoms with Gasteiger partial charge in [0.05, 0.1) is 17.3 Å². The summed E-state index contributed by atoms with van der Waals surface area (Å²) in [5, 5.41) is 0. The molecule has 5 heteroatoms. The van der Waals surface area contributed by atoms with Gasteiger partial charge in [-0.15, -0.1) is 0 Å². The molecule has 0 spiro atoms. The van der Waals surface area contributed by atoms with Gasteiger partial charge in [-0.3, -0.25) is 9.69 Å². The first-order valence-corrected chi connectivity index (χ1v) is 4.73. The highest BCUT2D eigenvalue weighted by atomic mass is 16.1. The number of likely N-dealkylation sites (N-methyl/N-ethyl adjacent to an activating group) is 1. The molecule has 0 amide bonds. The standard InChI is InChI=1S/C10H16N4O/c1-6-8(5-12-10(11)13-6)9(15)7(2)14(3)4/h5,7H,1-4H3,(H2,11,12,13)/t7-/m1/s1. The number of hydrogen-bond donors (Lipinski definition) is 1. The van der Waals surface area contributed by atoms with Crippen LogP contribution in [-0.4, -0.2) is 40.8 Å². The first kappa shape index (κ1) is 11.6. The normalized spacial score (nSPS) is 12.9. The van der Waals surface area contributed by atoms with E-state index in [9.17, 15) is 4.79 Å². The van der Waals surface area contributed by atoms with Crippen LogP contribution in [0, 0.1) is 6.92 Å². The molecular weight excluding hydrogens is 192 g/mol. The maximum Gasteiger partial charge on any atom is 0.220 e. The van der Waals surface area contributed by atoms with Crippen molar-refractivity contribution in [3.05, 3.63) is 17.5 Å². The number of aromatic nitrogens is 2. The number of ketones is 1. The molecule has 0 unspecified atom stereocenters. The van der Waals surface area contributed by atoms with Crippen molar-refractivity contribution in [2.45, 2.75) is 19.9 Å². The topological polar surface area (TPSA) is 72.1 Å². The molecule has 0 bridgehead atoms. The molecule has 0 aliphatic heterocycles. The third-order valence-corrected chi connectivity index (χ3v) is 2.42. The van der Waals surface area contributed by atoms with Gasteiger partial charge in [0.15, 0.2) is 5.78 Å². The second-order valence-electron chi connectivity index (χ2n) is 3.73. The van der Waals surface area contributed by atoms with E-state index in [1.54, 1.807) is 6.92 Å². The Morgan fingerprint density at radius 1 is 1.53 bits per heavy atom. The molecule has 0 radical (unpaired) electrons. The highest BCUT2D eigenvalue weighted by molar-refractivity contribution is 6.00. The van der Waals surface area contributed by atoms with E-state index < -0.39 is 0 Å². The first-order chi connectivity index (χ1) is 6.93. The summed E-state index contributed by atoms with van der Waals surface area (Å²) >= 11 is 0. The maximum absolute atomic E-state index is 12.0. The summed E-state index contributed by atoms with van der Waals surface area (Å²) in [5.74, 6) is 0.207. The number of carbonyl (C=O) groups is 1. The van der Waals surface area contributed by atoms with Crippen LogP contribution in [0.5, 0.6) is 0 Å². The molecule has 1 heterocycles. The number of nitrogens with two attached hydrogens (primary N) is 1. The molecule has 82 valence electrons. The van der Waals surface area contributed by atoms with Gasteiger partial charge in [0, 0.05) is 6.20 Å². The van der Waals surface area contributed by atoms with Crippen molar-refractivity contribution in [2.75, 3.05) is 19.8 Å². The van der Waals surface area contributed by atoms with Gasteiger partial charge >= 0.3 is 0 Å². The lowest BCUT2D eigenvalue weighted by Crippen LogP contribution is -2.33. The second kappa shape index (κ2) is 4.35. The van der Waals surface area contributed by atoms with Crippen LogP contribution in [0.15, 0.2) is 6.20 Å². The molecular formula is C10H16N4O. The van der Waals surface area contributed by atoms with Crippen LogP contribution < -0.4 is 5.73 Å². The van der Waals surface area contributed by atoms with Crippen molar-refractivity contribution in [3.63, 3.8) is 0 Å². The molecule has 1 atom stereocenters. The number of nitrogens with zero attached hydrogens (tertiary/aromatic N) is 3. The summed E-state index contributed by atoms with van der Waals surface area (Å²) in [6, 6.07) is -0.184. The Bertz CT molecular complexity index is 376. The number of anilines is 1. The Morgan fingerprint density at radius 3 is 2.60 bits per heavy atom. The molecule has 0 fully saturated rings. The van der Waals surface area contributed by atoms with E-state index in [-0.39, 0.29) is 17.8 Å². The van der Waals surface area contributed by atoms with Crippen LogP contribution >= 0.6 is 0 Å². The molecule has 0 aliphatic carbocycles. The number of Topliss-reactive ketones (excluding diaryl/α,β-unsaturated/α-hetero) is 1. The molecule has 0 saturated carbocycles. The first-order valence-electron chi connectivity index (χ1n) is 4.73. The molecule has 15 heavy (non-hydrogen) atoms. The summed E-state index contributed by atoms with van der Waals surface area (Å²) in [5.41, 5.74) is 6.58. The molecule has 1 aromatic heterocycles. The second-order valence-corrected chi connectivity index (χ2v) is 3.73. The molecule has 2 N–H and O–H groups in total. The summed E-state index contributed by atoms with van der Waals surface area (Å²) in [7, 11) is 3.71. The van der Waals surface area contributed by atoms with E-state index in [2.05, 4.69) is 9.97 Å². The minimum absolute atomic E-state index is 0.0116. The fourth-order valence-electron chi connectivity index (χ4n) is 1.19.